The quantitative estimate of drug-likeness (QED) is 0.890. The van der Waals surface area contributed by atoms with Crippen molar-refractivity contribution in [1.82, 2.24) is 9.99 Å². The highest BCUT2D eigenvalue weighted by Crippen LogP contribution is 2.37. The van der Waals surface area contributed by atoms with Crippen LogP contribution < -0.4 is 0 Å². The summed E-state index contributed by atoms with van der Waals surface area (Å²) < 4.78 is 0. The number of nitrogens with zero attached hydrogens (tertiary/aromatic N) is 3. The number of aromatic nitrogens is 1. The van der Waals surface area contributed by atoms with E-state index in [1.807, 2.05) is 0 Å². The summed E-state index contributed by atoms with van der Waals surface area (Å²) in [5, 5.41) is 26.4. The minimum atomic E-state index is -1.61. The number of amides is 1. The van der Waals surface area contributed by atoms with Gasteiger partial charge < -0.3 is 10.2 Å². The number of hydrogen-bond donors (Lipinski definition) is 2. The first-order valence-electron chi connectivity index (χ1n) is 7.23. The molecule has 1 aliphatic heterocycles. The molecular formula is C17H17N3O3. The van der Waals surface area contributed by atoms with E-state index in [-0.39, 0.29) is 17.7 Å². The van der Waals surface area contributed by atoms with Crippen LogP contribution in [0.25, 0.3) is 0 Å². The van der Waals surface area contributed by atoms with Gasteiger partial charge in [-0.15, -0.1) is 0 Å². The van der Waals surface area contributed by atoms with Gasteiger partial charge in [0.1, 0.15) is 5.75 Å². The molecule has 1 atom stereocenters. The number of hydrogen-bond acceptors (Lipinski definition) is 5. The molecule has 0 fully saturated rings. The summed E-state index contributed by atoms with van der Waals surface area (Å²) in [6, 6.07) is 8.28. The van der Waals surface area contributed by atoms with Gasteiger partial charge in [-0.3, -0.25) is 9.78 Å². The molecule has 0 unspecified atom stereocenters. The Morgan fingerprint density at radius 2 is 2.04 bits per heavy atom. The van der Waals surface area contributed by atoms with Gasteiger partial charge in [0, 0.05) is 30.1 Å². The molecule has 1 amide bonds. The van der Waals surface area contributed by atoms with E-state index in [0.717, 1.165) is 5.01 Å². The van der Waals surface area contributed by atoms with Crippen LogP contribution in [0.2, 0.25) is 0 Å². The Morgan fingerprint density at radius 1 is 1.26 bits per heavy atom. The van der Waals surface area contributed by atoms with Crippen molar-refractivity contribution in [2.24, 2.45) is 5.10 Å². The molecule has 2 aromatic rings. The van der Waals surface area contributed by atoms with Crippen molar-refractivity contribution < 1.29 is 15.0 Å². The van der Waals surface area contributed by atoms with Crippen LogP contribution in [-0.2, 0) is 5.72 Å². The first-order chi connectivity index (χ1) is 10.9. The molecule has 6 heteroatoms. The highest BCUT2D eigenvalue weighted by Gasteiger charge is 2.45. The Hall–Kier alpha value is -2.73. The number of rotatable bonds is 2. The number of para-hydroxylation sites is 1. The van der Waals surface area contributed by atoms with Crippen LogP contribution in [0.4, 0.5) is 0 Å². The van der Waals surface area contributed by atoms with Crippen LogP contribution in [-0.4, -0.2) is 31.8 Å². The molecule has 2 heterocycles. The maximum atomic E-state index is 12.8. The molecule has 0 aliphatic carbocycles. The molecule has 0 radical (unpaired) electrons. The van der Waals surface area contributed by atoms with E-state index < -0.39 is 11.6 Å². The SMILES string of the molecule is CC1=NN(C(=O)c2cccc(C)c2O)[C@](O)(c2cccnc2)C1. The Bertz CT molecular complexity index is 789. The average Bonchev–Trinajstić information content (AvgIpc) is 2.86. The minimum Gasteiger partial charge on any atom is -0.507 e. The number of carbonyl (C=O) groups excluding carboxylic acids is 1. The van der Waals surface area contributed by atoms with Crippen molar-refractivity contribution in [3.05, 3.63) is 59.4 Å². The molecule has 23 heavy (non-hydrogen) atoms. The third kappa shape index (κ3) is 2.47. The zero-order valence-corrected chi connectivity index (χ0v) is 12.9. The van der Waals surface area contributed by atoms with E-state index in [4.69, 9.17) is 0 Å². The highest BCUT2D eigenvalue weighted by atomic mass is 16.3. The fourth-order valence-electron chi connectivity index (χ4n) is 2.70. The van der Waals surface area contributed by atoms with Gasteiger partial charge in [-0.1, -0.05) is 18.2 Å². The standard InChI is InChI=1S/C17H17N3O3/c1-11-5-3-7-14(15(11)21)16(22)20-17(23,9-12(2)19-20)13-6-4-8-18-10-13/h3-8,10,21,23H,9H2,1-2H3/t17-/m1/s1. The lowest BCUT2D eigenvalue weighted by Gasteiger charge is -2.31. The van der Waals surface area contributed by atoms with E-state index in [9.17, 15) is 15.0 Å². The third-order valence-corrected chi connectivity index (χ3v) is 3.91. The smallest absolute Gasteiger partial charge is 0.280 e. The van der Waals surface area contributed by atoms with E-state index in [0.29, 0.717) is 16.8 Å². The number of hydrazone groups is 1. The molecule has 1 aliphatic rings. The number of aromatic hydroxyl groups is 1. The summed E-state index contributed by atoms with van der Waals surface area (Å²) in [4.78, 5) is 16.8. The molecular weight excluding hydrogens is 294 g/mol. The summed E-state index contributed by atoms with van der Waals surface area (Å²) >= 11 is 0. The molecule has 0 saturated carbocycles. The van der Waals surface area contributed by atoms with Crippen molar-refractivity contribution >= 4 is 11.6 Å². The summed E-state index contributed by atoms with van der Waals surface area (Å²) in [5.74, 6) is -0.666. The van der Waals surface area contributed by atoms with Gasteiger partial charge in [-0.2, -0.15) is 10.1 Å². The van der Waals surface area contributed by atoms with Crippen LogP contribution in [0.15, 0.2) is 47.8 Å². The molecule has 0 saturated heterocycles. The Balaban J connectivity index is 2.06. The van der Waals surface area contributed by atoms with Gasteiger partial charge in [0.05, 0.1) is 5.56 Å². The van der Waals surface area contributed by atoms with Gasteiger partial charge in [0.2, 0.25) is 0 Å². The predicted molar refractivity (Wildman–Crippen MR) is 84.9 cm³/mol. The maximum absolute atomic E-state index is 12.8. The number of phenolic OH excluding ortho intramolecular Hbond substituents is 1. The lowest BCUT2D eigenvalue weighted by Crippen LogP contribution is -2.43. The lowest BCUT2D eigenvalue weighted by molar-refractivity contribution is -0.0768. The van der Waals surface area contributed by atoms with Gasteiger partial charge in [-0.05, 0) is 31.5 Å². The topological polar surface area (TPSA) is 86.0 Å². The Morgan fingerprint density at radius 3 is 2.74 bits per heavy atom. The van der Waals surface area contributed by atoms with Gasteiger partial charge in [0.25, 0.3) is 5.91 Å². The second kappa shape index (κ2) is 5.48. The number of carbonyl (C=O) groups is 1. The third-order valence-electron chi connectivity index (χ3n) is 3.91. The molecule has 0 spiro atoms. The normalized spacial score (nSPS) is 20.5. The van der Waals surface area contributed by atoms with Crippen molar-refractivity contribution in [2.45, 2.75) is 26.0 Å². The van der Waals surface area contributed by atoms with Crippen LogP contribution >= 0.6 is 0 Å². The molecule has 2 N–H and O–H groups in total. The number of aliphatic hydroxyl groups is 1. The maximum Gasteiger partial charge on any atom is 0.280 e. The van der Waals surface area contributed by atoms with E-state index in [2.05, 4.69) is 10.1 Å². The van der Waals surface area contributed by atoms with Gasteiger partial charge >= 0.3 is 0 Å². The zero-order chi connectivity index (χ0) is 16.6. The Labute approximate surface area is 133 Å². The summed E-state index contributed by atoms with van der Waals surface area (Å²) in [7, 11) is 0. The lowest BCUT2D eigenvalue weighted by atomic mass is 9.98. The number of phenols is 1. The molecule has 118 valence electrons. The zero-order valence-electron chi connectivity index (χ0n) is 12.9. The number of aryl methyl sites for hydroxylation is 1. The van der Waals surface area contributed by atoms with Crippen LogP contribution in [0.3, 0.4) is 0 Å². The molecule has 0 bridgehead atoms. The average molecular weight is 311 g/mol. The molecule has 6 nitrogen and oxygen atoms in total. The molecule has 1 aromatic carbocycles. The summed E-state index contributed by atoms with van der Waals surface area (Å²) in [6.45, 7) is 3.45. The fraction of sp³-hybridized carbons (Fsp3) is 0.235. The highest BCUT2D eigenvalue weighted by molar-refractivity contribution is 6.00. The number of benzene rings is 1. The minimum absolute atomic E-state index is 0.103. The van der Waals surface area contributed by atoms with Crippen LogP contribution in [0.5, 0.6) is 5.75 Å². The first kappa shape index (κ1) is 15.2. The van der Waals surface area contributed by atoms with Crippen LogP contribution in [0, 0.1) is 6.92 Å². The Kier molecular flexibility index (Phi) is 3.61. The van der Waals surface area contributed by atoms with E-state index in [1.54, 1.807) is 44.3 Å². The first-order valence-corrected chi connectivity index (χ1v) is 7.23. The predicted octanol–water partition coefficient (Wildman–Crippen LogP) is 2.16. The second-order valence-corrected chi connectivity index (χ2v) is 5.66. The van der Waals surface area contributed by atoms with Crippen molar-refractivity contribution in [3.63, 3.8) is 0 Å². The molecule has 3 rings (SSSR count). The van der Waals surface area contributed by atoms with Gasteiger partial charge in [0.15, 0.2) is 5.72 Å². The summed E-state index contributed by atoms with van der Waals surface area (Å²) in [5.41, 5.74) is 0.176. The van der Waals surface area contributed by atoms with Crippen molar-refractivity contribution in [1.29, 1.82) is 0 Å². The monoisotopic (exact) mass is 311 g/mol. The summed E-state index contributed by atoms with van der Waals surface area (Å²) in [6.07, 6.45) is 3.29. The number of pyridine rings is 1. The van der Waals surface area contributed by atoms with Crippen LogP contribution in [0.1, 0.15) is 34.8 Å². The fourth-order valence-corrected chi connectivity index (χ4v) is 2.70. The van der Waals surface area contributed by atoms with E-state index in [1.165, 1.54) is 12.3 Å². The van der Waals surface area contributed by atoms with Crippen molar-refractivity contribution in [2.75, 3.05) is 0 Å². The second-order valence-electron chi connectivity index (χ2n) is 5.66. The van der Waals surface area contributed by atoms with Crippen molar-refractivity contribution in [3.8, 4) is 5.75 Å². The molecule has 1 aromatic heterocycles. The van der Waals surface area contributed by atoms with E-state index >= 15 is 0 Å². The largest absolute Gasteiger partial charge is 0.507 e. The van der Waals surface area contributed by atoms with Gasteiger partial charge in [-0.25, -0.2) is 0 Å².